The lowest BCUT2D eigenvalue weighted by molar-refractivity contribution is -0.285. The van der Waals surface area contributed by atoms with Gasteiger partial charge in [-0.2, -0.15) is 4.39 Å². The third-order valence-electron chi connectivity index (χ3n) is 6.54. The number of piperidine rings is 1. The van der Waals surface area contributed by atoms with Crippen molar-refractivity contribution in [1.29, 1.82) is 0 Å². The average Bonchev–Trinajstić information content (AvgIpc) is 3.06. The fraction of sp³-hybridized carbons (Fsp3) is 0.391. The number of ether oxygens (including phenoxy) is 2. The molecule has 3 atom stereocenters. The Balaban J connectivity index is 1.44. The molecular formula is C23H21FN2O6. The van der Waals surface area contributed by atoms with Gasteiger partial charge < -0.3 is 14.6 Å². The molecule has 2 aromatic rings. The third kappa shape index (κ3) is 3.47. The second-order valence-electron chi connectivity index (χ2n) is 8.42. The van der Waals surface area contributed by atoms with Gasteiger partial charge in [-0.05, 0) is 36.1 Å². The van der Waals surface area contributed by atoms with E-state index < -0.39 is 41.9 Å². The number of benzene rings is 1. The van der Waals surface area contributed by atoms with Crippen LogP contribution in [0.4, 0.5) is 4.39 Å². The number of carbonyl (C=O) groups is 3. The van der Waals surface area contributed by atoms with Gasteiger partial charge in [0.25, 0.3) is 0 Å². The molecule has 0 radical (unpaired) electrons. The average molecular weight is 440 g/mol. The van der Waals surface area contributed by atoms with E-state index in [-0.39, 0.29) is 24.3 Å². The molecule has 2 fully saturated rings. The van der Waals surface area contributed by atoms with Crippen molar-refractivity contribution in [2.24, 2.45) is 5.92 Å². The first-order chi connectivity index (χ1) is 15.4. The van der Waals surface area contributed by atoms with Gasteiger partial charge in [0.1, 0.15) is 0 Å². The fourth-order valence-corrected chi connectivity index (χ4v) is 4.99. The summed E-state index contributed by atoms with van der Waals surface area (Å²) in [5.74, 6) is -5.65. The monoisotopic (exact) mass is 440 g/mol. The highest BCUT2D eigenvalue weighted by Crippen LogP contribution is 2.42. The Morgan fingerprint density at radius 2 is 1.78 bits per heavy atom. The minimum absolute atomic E-state index is 0.0778. The van der Waals surface area contributed by atoms with Gasteiger partial charge in [-0.15, -0.1) is 0 Å². The lowest BCUT2D eigenvalue weighted by Crippen LogP contribution is -2.63. The Hall–Kier alpha value is -3.17. The first-order valence-corrected chi connectivity index (χ1v) is 10.5. The Morgan fingerprint density at radius 1 is 1.09 bits per heavy atom. The van der Waals surface area contributed by atoms with E-state index in [9.17, 15) is 23.9 Å². The minimum Gasteiger partial charge on any atom is -0.400 e. The topological polar surface area (TPSA) is 106 Å². The van der Waals surface area contributed by atoms with E-state index in [4.69, 9.17) is 9.47 Å². The summed E-state index contributed by atoms with van der Waals surface area (Å²) in [4.78, 5) is 42.3. The van der Waals surface area contributed by atoms with Crippen LogP contribution in [0.15, 0.2) is 42.6 Å². The standard InChI is InChI=1S/C23H21FN2O6/c24-19-6-5-16(12-25-19)20(28)15-7-8-26(23(11-15)31-21(29)22(30)32-23)17-9-13-3-1-2-4-14(13)10-18(17)27/h1-6,12,15,17-18,27H,7-11H2. The molecule has 1 spiro atoms. The number of hydrogen-bond acceptors (Lipinski definition) is 8. The number of ketones is 1. The molecule has 2 saturated heterocycles. The molecule has 2 aliphatic heterocycles. The van der Waals surface area contributed by atoms with E-state index in [2.05, 4.69) is 4.98 Å². The zero-order chi connectivity index (χ0) is 22.5. The predicted molar refractivity (Wildman–Crippen MR) is 107 cm³/mol. The van der Waals surface area contributed by atoms with E-state index in [1.165, 1.54) is 6.07 Å². The Bertz CT molecular complexity index is 1070. The number of fused-ring (bicyclic) bond motifs is 1. The van der Waals surface area contributed by atoms with Crippen LogP contribution in [-0.4, -0.2) is 57.3 Å². The second kappa shape index (κ2) is 7.75. The van der Waals surface area contributed by atoms with Crippen molar-refractivity contribution in [3.8, 4) is 0 Å². The molecule has 9 heteroatoms. The highest BCUT2D eigenvalue weighted by atomic mass is 19.1. The van der Waals surface area contributed by atoms with Crippen molar-refractivity contribution < 1.29 is 33.4 Å². The van der Waals surface area contributed by atoms with E-state index in [1.807, 2.05) is 24.3 Å². The van der Waals surface area contributed by atoms with Crippen LogP contribution in [-0.2, 0) is 31.9 Å². The molecule has 1 N–H and O–H groups in total. The summed E-state index contributed by atoms with van der Waals surface area (Å²) < 4.78 is 24.0. The van der Waals surface area contributed by atoms with Crippen molar-refractivity contribution >= 4 is 17.7 Å². The zero-order valence-electron chi connectivity index (χ0n) is 17.1. The van der Waals surface area contributed by atoms with Crippen molar-refractivity contribution in [3.63, 3.8) is 0 Å². The summed E-state index contributed by atoms with van der Waals surface area (Å²) in [6, 6.07) is 9.75. The number of nitrogens with zero attached hydrogens (tertiary/aromatic N) is 2. The van der Waals surface area contributed by atoms with Crippen molar-refractivity contribution in [2.45, 2.75) is 43.7 Å². The molecule has 32 heavy (non-hydrogen) atoms. The van der Waals surface area contributed by atoms with Crippen LogP contribution in [0, 0.1) is 11.9 Å². The van der Waals surface area contributed by atoms with E-state index >= 15 is 0 Å². The molecule has 3 heterocycles. The first kappa shape index (κ1) is 20.7. The summed E-state index contributed by atoms with van der Waals surface area (Å²) >= 11 is 0. The Kier molecular flexibility index (Phi) is 5.02. The molecule has 0 saturated carbocycles. The van der Waals surface area contributed by atoms with Gasteiger partial charge in [-0.25, -0.2) is 19.5 Å². The number of likely N-dealkylation sites (tertiary alicyclic amines) is 1. The number of Topliss-reactive ketones (excluding diaryl/α,β-unsaturated/α-hetero) is 1. The number of halogens is 1. The van der Waals surface area contributed by atoms with E-state index in [0.717, 1.165) is 23.4 Å². The molecular weight excluding hydrogens is 419 g/mol. The van der Waals surface area contributed by atoms with Gasteiger partial charge in [0.15, 0.2) is 5.78 Å². The van der Waals surface area contributed by atoms with Gasteiger partial charge in [0.2, 0.25) is 5.95 Å². The van der Waals surface area contributed by atoms with Crippen molar-refractivity contribution in [2.75, 3.05) is 6.54 Å². The quantitative estimate of drug-likeness (QED) is 0.330. The Labute approximate surface area is 183 Å². The normalized spacial score (nSPS) is 27.0. The van der Waals surface area contributed by atoms with Crippen LogP contribution in [0.2, 0.25) is 0 Å². The minimum atomic E-state index is -1.77. The van der Waals surface area contributed by atoms with Gasteiger partial charge in [-0.3, -0.25) is 4.79 Å². The first-order valence-electron chi connectivity index (χ1n) is 10.5. The van der Waals surface area contributed by atoms with Crippen LogP contribution in [0.3, 0.4) is 0 Å². The lowest BCUT2D eigenvalue weighted by Gasteiger charge is -2.49. The van der Waals surface area contributed by atoms with E-state index in [1.54, 1.807) is 4.90 Å². The summed E-state index contributed by atoms with van der Waals surface area (Å²) in [6.07, 6.45) is 1.59. The number of esters is 2. The molecule has 3 aliphatic rings. The number of hydrogen-bond donors (Lipinski definition) is 1. The zero-order valence-corrected chi connectivity index (χ0v) is 17.1. The number of aromatic nitrogens is 1. The van der Waals surface area contributed by atoms with Crippen molar-refractivity contribution in [1.82, 2.24) is 9.88 Å². The number of carbonyl (C=O) groups excluding carboxylic acids is 3. The third-order valence-corrected chi connectivity index (χ3v) is 6.54. The predicted octanol–water partition coefficient (Wildman–Crippen LogP) is 1.40. The largest absolute Gasteiger partial charge is 0.421 e. The molecule has 0 bridgehead atoms. The van der Waals surface area contributed by atoms with Crippen LogP contribution in [0.5, 0.6) is 0 Å². The molecule has 5 rings (SSSR count). The molecule has 0 amide bonds. The molecule has 1 aromatic heterocycles. The van der Waals surface area contributed by atoms with Gasteiger partial charge in [0.05, 0.1) is 12.5 Å². The number of aliphatic hydroxyl groups excluding tert-OH is 1. The smallest absolute Gasteiger partial charge is 0.400 e. The number of aliphatic hydroxyl groups is 1. The van der Waals surface area contributed by atoms with Crippen molar-refractivity contribution in [3.05, 3.63) is 65.2 Å². The molecule has 3 unspecified atom stereocenters. The lowest BCUT2D eigenvalue weighted by atomic mass is 9.81. The fourth-order valence-electron chi connectivity index (χ4n) is 4.99. The highest BCUT2D eigenvalue weighted by molar-refractivity contribution is 6.31. The van der Waals surface area contributed by atoms with Gasteiger partial charge in [0, 0.05) is 36.7 Å². The SMILES string of the molecule is O=C1OC2(CC(C(=O)c3ccc(F)nc3)CCN2C2Cc3ccccc3CC2O)OC1=O. The summed E-state index contributed by atoms with van der Waals surface area (Å²) in [5.41, 5.74) is 2.33. The van der Waals surface area contributed by atoms with Crippen LogP contribution >= 0.6 is 0 Å². The summed E-state index contributed by atoms with van der Waals surface area (Å²) in [5, 5.41) is 10.9. The number of pyridine rings is 1. The van der Waals surface area contributed by atoms with Crippen LogP contribution in [0.1, 0.15) is 34.3 Å². The summed E-state index contributed by atoms with van der Waals surface area (Å²) in [6.45, 7) is 0.259. The summed E-state index contributed by atoms with van der Waals surface area (Å²) in [7, 11) is 0. The second-order valence-corrected chi connectivity index (χ2v) is 8.42. The maximum Gasteiger partial charge on any atom is 0.421 e. The van der Waals surface area contributed by atoms with Gasteiger partial charge >= 0.3 is 17.8 Å². The molecule has 1 aromatic carbocycles. The molecule has 1 aliphatic carbocycles. The van der Waals surface area contributed by atoms with Crippen LogP contribution in [0.25, 0.3) is 0 Å². The highest BCUT2D eigenvalue weighted by Gasteiger charge is 2.59. The molecule has 8 nitrogen and oxygen atoms in total. The maximum absolute atomic E-state index is 13.2. The molecule has 166 valence electrons. The van der Waals surface area contributed by atoms with E-state index in [0.29, 0.717) is 19.3 Å². The maximum atomic E-state index is 13.2. The van der Waals surface area contributed by atoms with Crippen LogP contribution < -0.4 is 0 Å². The van der Waals surface area contributed by atoms with Gasteiger partial charge in [-0.1, -0.05) is 24.3 Å². The Morgan fingerprint density at radius 3 is 2.44 bits per heavy atom. The number of rotatable bonds is 3.